The molecular weight excluding hydrogens is 496 g/mol. The summed E-state index contributed by atoms with van der Waals surface area (Å²) in [5.74, 6) is -0.0766. The molecule has 1 saturated heterocycles. The van der Waals surface area contributed by atoms with Gasteiger partial charge in [0.15, 0.2) is 0 Å². The second-order valence-electron chi connectivity index (χ2n) is 11.0. The van der Waals surface area contributed by atoms with Crippen LogP contribution in [-0.2, 0) is 19.4 Å². The normalized spacial score (nSPS) is 15.7. The standard InChI is InChI=1S/C34H38N4O2/c39-33(35-18-9-19-36-20-22-37(23-21-36)28-12-5-2-6-13-28)27-16-17-30-29-14-7-8-15-31(29)34(40)38(32(30)24-27)25-26-10-3-1-4-11-26/h1-6,10-13,16-17,24H,7-9,14-15,18-23,25H2,(H,35,39). The Morgan fingerprint density at radius 1 is 0.800 bits per heavy atom. The van der Waals surface area contributed by atoms with Gasteiger partial charge in [-0.3, -0.25) is 14.5 Å². The van der Waals surface area contributed by atoms with Gasteiger partial charge in [0.1, 0.15) is 0 Å². The molecule has 0 unspecified atom stereocenters. The smallest absolute Gasteiger partial charge is 0.254 e. The lowest BCUT2D eigenvalue weighted by Crippen LogP contribution is -2.47. The Hall–Kier alpha value is -3.90. The van der Waals surface area contributed by atoms with Gasteiger partial charge in [0.2, 0.25) is 0 Å². The van der Waals surface area contributed by atoms with Crippen LogP contribution in [0.25, 0.3) is 10.9 Å². The van der Waals surface area contributed by atoms with Gasteiger partial charge in [0, 0.05) is 54.9 Å². The number of rotatable bonds is 8. The number of nitrogens with one attached hydrogen (secondary N) is 1. The van der Waals surface area contributed by atoms with Crippen molar-refractivity contribution in [3.63, 3.8) is 0 Å². The van der Waals surface area contributed by atoms with Crippen molar-refractivity contribution in [1.82, 2.24) is 14.8 Å². The largest absolute Gasteiger partial charge is 0.369 e. The number of hydrogen-bond donors (Lipinski definition) is 1. The summed E-state index contributed by atoms with van der Waals surface area (Å²) in [6, 6.07) is 26.6. The van der Waals surface area contributed by atoms with Crippen LogP contribution in [-0.4, -0.2) is 54.6 Å². The molecular formula is C34H38N4O2. The fraction of sp³-hybridized carbons (Fsp3) is 0.353. The molecule has 206 valence electrons. The first-order valence-electron chi connectivity index (χ1n) is 14.7. The van der Waals surface area contributed by atoms with Crippen molar-refractivity contribution < 1.29 is 4.79 Å². The van der Waals surface area contributed by atoms with Gasteiger partial charge in [-0.2, -0.15) is 0 Å². The average molecular weight is 535 g/mol. The summed E-state index contributed by atoms with van der Waals surface area (Å²) in [6.45, 7) is 6.25. The quantitative estimate of drug-likeness (QED) is 0.328. The van der Waals surface area contributed by atoms with Crippen molar-refractivity contribution in [2.75, 3.05) is 44.2 Å². The topological polar surface area (TPSA) is 57.6 Å². The second-order valence-corrected chi connectivity index (χ2v) is 11.0. The van der Waals surface area contributed by atoms with Crippen LogP contribution in [0.1, 0.15) is 46.3 Å². The van der Waals surface area contributed by atoms with Crippen molar-refractivity contribution in [3.05, 3.63) is 111 Å². The number of carbonyl (C=O) groups excluding carboxylic acids is 1. The Morgan fingerprint density at radius 3 is 2.25 bits per heavy atom. The summed E-state index contributed by atoms with van der Waals surface area (Å²) in [5, 5.41) is 4.23. The predicted octanol–water partition coefficient (Wildman–Crippen LogP) is 4.87. The molecule has 2 aliphatic rings. The number of benzene rings is 3. The minimum absolute atomic E-state index is 0.0766. The number of pyridine rings is 1. The number of anilines is 1. The second kappa shape index (κ2) is 12.1. The number of fused-ring (bicyclic) bond motifs is 3. The summed E-state index contributed by atoms with van der Waals surface area (Å²) in [6.07, 6.45) is 4.84. The molecule has 0 spiro atoms. The van der Waals surface area contributed by atoms with Crippen molar-refractivity contribution in [3.8, 4) is 0 Å². The van der Waals surface area contributed by atoms with Gasteiger partial charge in [-0.15, -0.1) is 0 Å². The highest BCUT2D eigenvalue weighted by molar-refractivity contribution is 5.98. The highest BCUT2D eigenvalue weighted by Crippen LogP contribution is 2.28. The molecule has 1 amide bonds. The van der Waals surface area contributed by atoms with E-state index in [1.165, 1.54) is 11.3 Å². The molecule has 0 saturated carbocycles. The van der Waals surface area contributed by atoms with Crippen LogP contribution in [0, 0.1) is 0 Å². The van der Waals surface area contributed by atoms with Gasteiger partial charge in [-0.25, -0.2) is 0 Å². The van der Waals surface area contributed by atoms with E-state index in [1.54, 1.807) is 0 Å². The van der Waals surface area contributed by atoms with Crippen LogP contribution in [0.15, 0.2) is 83.7 Å². The van der Waals surface area contributed by atoms with E-state index < -0.39 is 0 Å². The molecule has 0 atom stereocenters. The maximum Gasteiger partial charge on any atom is 0.254 e. The first kappa shape index (κ1) is 26.3. The zero-order valence-corrected chi connectivity index (χ0v) is 23.1. The fourth-order valence-corrected chi connectivity index (χ4v) is 6.26. The summed E-state index contributed by atoms with van der Waals surface area (Å²) >= 11 is 0. The number of carbonyl (C=O) groups is 1. The van der Waals surface area contributed by atoms with Crippen molar-refractivity contribution in [2.24, 2.45) is 0 Å². The molecule has 1 fully saturated rings. The molecule has 6 rings (SSSR count). The molecule has 1 aromatic heterocycles. The lowest BCUT2D eigenvalue weighted by atomic mass is 9.89. The Morgan fingerprint density at radius 2 is 1.50 bits per heavy atom. The number of piperazine rings is 1. The number of aryl methyl sites for hydroxylation is 1. The maximum atomic E-state index is 13.6. The predicted molar refractivity (Wildman–Crippen MR) is 162 cm³/mol. The molecule has 2 heterocycles. The fourth-order valence-electron chi connectivity index (χ4n) is 6.26. The van der Waals surface area contributed by atoms with E-state index in [1.807, 2.05) is 34.9 Å². The minimum Gasteiger partial charge on any atom is -0.369 e. The monoisotopic (exact) mass is 534 g/mol. The number of nitrogens with zero attached hydrogens (tertiary/aromatic N) is 3. The molecule has 40 heavy (non-hydrogen) atoms. The molecule has 3 aromatic carbocycles. The highest BCUT2D eigenvalue weighted by Gasteiger charge is 2.21. The molecule has 1 aliphatic heterocycles. The Balaban J connectivity index is 1.11. The van der Waals surface area contributed by atoms with E-state index in [2.05, 4.69) is 63.6 Å². The third-order valence-corrected chi connectivity index (χ3v) is 8.46. The first-order chi connectivity index (χ1) is 19.7. The third-order valence-electron chi connectivity index (χ3n) is 8.46. The van der Waals surface area contributed by atoms with Crippen LogP contribution in [0.2, 0.25) is 0 Å². The van der Waals surface area contributed by atoms with Gasteiger partial charge >= 0.3 is 0 Å². The molecule has 6 nitrogen and oxygen atoms in total. The van der Waals surface area contributed by atoms with Crippen molar-refractivity contribution in [1.29, 1.82) is 0 Å². The van der Waals surface area contributed by atoms with Gasteiger partial charge in [0.25, 0.3) is 11.5 Å². The van der Waals surface area contributed by atoms with Gasteiger partial charge in [-0.05, 0) is 74.0 Å². The van der Waals surface area contributed by atoms with Crippen LogP contribution in [0.5, 0.6) is 0 Å². The molecule has 1 N–H and O–H groups in total. The summed E-state index contributed by atoms with van der Waals surface area (Å²) < 4.78 is 1.88. The minimum atomic E-state index is -0.0766. The zero-order chi connectivity index (χ0) is 27.3. The number of aromatic nitrogens is 1. The van der Waals surface area contributed by atoms with Crippen molar-refractivity contribution >= 4 is 22.5 Å². The van der Waals surface area contributed by atoms with E-state index in [0.29, 0.717) is 18.7 Å². The molecule has 0 bridgehead atoms. The van der Waals surface area contributed by atoms with E-state index in [0.717, 1.165) is 86.9 Å². The van der Waals surface area contributed by atoms with E-state index in [-0.39, 0.29) is 11.5 Å². The summed E-state index contributed by atoms with van der Waals surface area (Å²) in [4.78, 5) is 31.7. The number of hydrogen-bond acceptors (Lipinski definition) is 4. The number of amides is 1. The molecule has 0 radical (unpaired) electrons. The number of para-hydroxylation sites is 1. The average Bonchev–Trinajstić information content (AvgIpc) is 3.02. The van der Waals surface area contributed by atoms with Crippen LogP contribution in [0.4, 0.5) is 5.69 Å². The van der Waals surface area contributed by atoms with Gasteiger partial charge in [-0.1, -0.05) is 54.6 Å². The van der Waals surface area contributed by atoms with Crippen LogP contribution >= 0.6 is 0 Å². The van der Waals surface area contributed by atoms with Crippen LogP contribution in [0.3, 0.4) is 0 Å². The molecule has 6 heteroatoms. The van der Waals surface area contributed by atoms with E-state index in [4.69, 9.17) is 0 Å². The Labute approximate surface area is 236 Å². The highest BCUT2D eigenvalue weighted by atomic mass is 16.1. The van der Waals surface area contributed by atoms with Gasteiger partial charge < -0.3 is 14.8 Å². The SMILES string of the molecule is O=C(NCCCN1CCN(c2ccccc2)CC1)c1ccc2c3c(c(=O)n(Cc4ccccc4)c2c1)CCCC3. The van der Waals surface area contributed by atoms with Crippen molar-refractivity contribution in [2.45, 2.75) is 38.6 Å². The first-order valence-corrected chi connectivity index (χ1v) is 14.7. The Kier molecular flexibility index (Phi) is 7.96. The lowest BCUT2D eigenvalue weighted by molar-refractivity contribution is 0.0951. The molecule has 1 aliphatic carbocycles. The van der Waals surface area contributed by atoms with E-state index in [9.17, 15) is 9.59 Å². The Bertz CT molecular complexity index is 1520. The maximum absolute atomic E-state index is 13.6. The summed E-state index contributed by atoms with van der Waals surface area (Å²) in [5.41, 5.74) is 6.07. The van der Waals surface area contributed by atoms with Crippen LogP contribution < -0.4 is 15.8 Å². The zero-order valence-electron chi connectivity index (χ0n) is 23.1. The summed E-state index contributed by atoms with van der Waals surface area (Å²) in [7, 11) is 0. The van der Waals surface area contributed by atoms with E-state index >= 15 is 0 Å². The lowest BCUT2D eigenvalue weighted by Gasteiger charge is -2.36. The van der Waals surface area contributed by atoms with Gasteiger partial charge in [0.05, 0.1) is 12.1 Å². The molecule has 4 aromatic rings. The third kappa shape index (κ3) is 5.68.